The Morgan fingerprint density at radius 2 is 1.66 bits per heavy atom. The molecule has 0 N–H and O–H groups in total. The lowest BCUT2D eigenvalue weighted by Crippen LogP contribution is -2.48. The quantitative estimate of drug-likeness (QED) is 0.373. The molecule has 166 valence electrons. The molecule has 0 aromatic heterocycles. The summed E-state index contributed by atoms with van der Waals surface area (Å²) in [6.07, 6.45) is 0. The predicted octanol–water partition coefficient (Wildman–Crippen LogP) is 6.29. The first-order valence-electron chi connectivity index (χ1n) is 10.4. The zero-order valence-corrected chi connectivity index (χ0v) is 20.5. The fourth-order valence-electron chi connectivity index (χ4n) is 3.70. The highest BCUT2D eigenvalue weighted by Gasteiger charge is 2.22. The van der Waals surface area contributed by atoms with Gasteiger partial charge in [-0.15, -0.1) is 0 Å². The number of hydrogen-bond acceptors (Lipinski definition) is 3. The highest BCUT2D eigenvalue weighted by Crippen LogP contribution is 2.25. The van der Waals surface area contributed by atoms with Crippen molar-refractivity contribution in [1.29, 1.82) is 0 Å². The molecule has 7 heteroatoms. The molecule has 1 fully saturated rings. The number of rotatable bonds is 6. The molecule has 1 aliphatic heterocycles. The van der Waals surface area contributed by atoms with Crippen LogP contribution in [0.2, 0.25) is 10.0 Å². The minimum Gasteiger partial charge on any atom is -0.488 e. The Bertz CT molecular complexity index is 1100. The van der Waals surface area contributed by atoms with Gasteiger partial charge in [-0.2, -0.15) is 0 Å². The van der Waals surface area contributed by atoms with E-state index in [2.05, 4.69) is 20.8 Å². The molecule has 3 aromatic carbocycles. The fraction of sp³-hybridized carbons (Fsp3) is 0.240. The van der Waals surface area contributed by atoms with Crippen molar-refractivity contribution in [3.63, 3.8) is 0 Å². The average Bonchev–Trinajstić information content (AvgIpc) is 2.81. The van der Waals surface area contributed by atoms with Gasteiger partial charge in [0.15, 0.2) is 0 Å². The number of benzene rings is 3. The summed E-state index contributed by atoms with van der Waals surface area (Å²) < 4.78 is 6.80. The Labute approximate surface area is 206 Å². The van der Waals surface area contributed by atoms with Crippen LogP contribution in [-0.2, 0) is 13.2 Å². The molecule has 4 nitrogen and oxygen atoms in total. The van der Waals surface area contributed by atoms with Gasteiger partial charge in [0.1, 0.15) is 12.4 Å². The van der Waals surface area contributed by atoms with Gasteiger partial charge in [0.05, 0.1) is 14.5 Å². The summed E-state index contributed by atoms with van der Waals surface area (Å²) in [6.45, 7) is 4.21. The number of ether oxygens (including phenoxy) is 1. The number of hydrogen-bond donors (Lipinski definition) is 0. The molecular formula is C25H23BrCl2N2O2. The van der Waals surface area contributed by atoms with E-state index in [1.807, 2.05) is 71.6 Å². The SMILES string of the molecule is O=C(c1cccc(COc2ccccc2Br)c1)N1CCN(Cc2ccc(Cl)c(Cl)c2)CC1. The van der Waals surface area contributed by atoms with Crippen LogP contribution in [0.25, 0.3) is 0 Å². The van der Waals surface area contributed by atoms with Crippen LogP contribution < -0.4 is 4.74 Å². The number of amides is 1. The molecule has 3 aromatic rings. The van der Waals surface area contributed by atoms with E-state index < -0.39 is 0 Å². The molecule has 0 saturated carbocycles. The lowest BCUT2D eigenvalue weighted by molar-refractivity contribution is 0.0628. The van der Waals surface area contributed by atoms with Crippen molar-refractivity contribution in [2.75, 3.05) is 26.2 Å². The molecule has 32 heavy (non-hydrogen) atoms. The normalized spacial score (nSPS) is 14.4. The number of piperazine rings is 1. The van der Waals surface area contributed by atoms with Gasteiger partial charge >= 0.3 is 0 Å². The molecule has 1 saturated heterocycles. The second kappa shape index (κ2) is 10.7. The van der Waals surface area contributed by atoms with Crippen molar-refractivity contribution >= 4 is 45.0 Å². The van der Waals surface area contributed by atoms with E-state index >= 15 is 0 Å². The number of carbonyl (C=O) groups excluding carboxylic acids is 1. The largest absolute Gasteiger partial charge is 0.488 e. The molecule has 0 atom stereocenters. The second-order valence-electron chi connectivity index (χ2n) is 7.74. The summed E-state index contributed by atoms with van der Waals surface area (Å²) in [7, 11) is 0. The van der Waals surface area contributed by atoms with Crippen LogP contribution in [0.4, 0.5) is 0 Å². The second-order valence-corrected chi connectivity index (χ2v) is 9.41. The molecule has 1 heterocycles. The third-order valence-electron chi connectivity index (χ3n) is 5.45. The Kier molecular flexibility index (Phi) is 7.74. The molecule has 4 rings (SSSR count). The number of nitrogens with zero attached hydrogens (tertiary/aromatic N) is 2. The monoisotopic (exact) mass is 532 g/mol. The Morgan fingerprint density at radius 1 is 0.875 bits per heavy atom. The standard InChI is InChI=1S/C25H23BrCl2N2O2/c26-21-6-1-2-7-24(21)32-17-19-4-3-5-20(14-19)25(31)30-12-10-29(11-13-30)16-18-8-9-22(27)23(28)15-18/h1-9,14-15H,10-13,16-17H2. The van der Waals surface area contributed by atoms with Gasteiger partial charge in [0.2, 0.25) is 0 Å². The zero-order chi connectivity index (χ0) is 22.5. The maximum atomic E-state index is 13.1. The summed E-state index contributed by atoms with van der Waals surface area (Å²) >= 11 is 15.6. The van der Waals surface area contributed by atoms with Gasteiger partial charge in [0.25, 0.3) is 5.91 Å². The van der Waals surface area contributed by atoms with E-state index in [9.17, 15) is 4.79 Å². The third kappa shape index (κ3) is 5.84. The fourth-order valence-corrected chi connectivity index (χ4v) is 4.42. The number of carbonyl (C=O) groups is 1. The highest BCUT2D eigenvalue weighted by atomic mass is 79.9. The molecule has 0 aliphatic carbocycles. The van der Waals surface area contributed by atoms with Crippen molar-refractivity contribution < 1.29 is 9.53 Å². The first-order chi connectivity index (χ1) is 15.5. The van der Waals surface area contributed by atoms with Crippen LogP contribution in [0.1, 0.15) is 21.5 Å². The molecule has 1 aliphatic rings. The van der Waals surface area contributed by atoms with Crippen molar-refractivity contribution in [3.8, 4) is 5.75 Å². The van der Waals surface area contributed by atoms with Crippen molar-refractivity contribution in [2.45, 2.75) is 13.2 Å². The predicted molar refractivity (Wildman–Crippen MR) is 133 cm³/mol. The van der Waals surface area contributed by atoms with E-state index in [0.717, 1.165) is 41.0 Å². The smallest absolute Gasteiger partial charge is 0.253 e. The summed E-state index contributed by atoms with van der Waals surface area (Å²) in [5.74, 6) is 0.837. The zero-order valence-electron chi connectivity index (χ0n) is 17.4. The summed E-state index contributed by atoms with van der Waals surface area (Å²) in [6, 6.07) is 21.1. The van der Waals surface area contributed by atoms with Crippen LogP contribution in [0.15, 0.2) is 71.2 Å². The average molecular weight is 534 g/mol. The van der Waals surface area contributed by atoms with Crippen molar-refractivity contribution in [1.82, 2.24) is 9.80 Å². The summed E-state index contributed by atoms with van der Waals surface area (Å²) in [5.41, 5.74) is 2.78. The molecule has 0 bridgehead atoms. The van der Waals surface area contributed by atoms with Gasteiger partial charge in [-0.25, -0.2) is 0 Å². The van der Waals surface area contributed by atoms with Gasteiger partial charge in [-0.05, 0) is 63.5 Å². The van der Waals surface area contributed by atoms with E-state index in [4.69, 9.17) is 27.9 Å². The molecular weight excluding hydrogens is 511 g/mol. The Hall–Kier alpha value is -2.05. The molecule has 0 unspecified atom stereocenters. The van der Waals surface area contributed by atoms with Crippen LogP contribution in [-0.4, -0.2) is 41.9 Å². The Balaban J connectivity index is 1.32. The van der Waals surface area contributed by atoms with Gasteiger partial charge in [-0.3, -0.25) is 9.69 Å². The van der Waals surface area contributed by atoms with Gasteiger partial charge in [-0.1, -0.05) is 53.5 Å². The van der Waals surface area contributed by atoms with Crippen LogP contribution >= 0.6 is 39.1 Å². The third-order valence-corrected chi connectivity index (χ3v) is 6.85. The van der Waals surface area contributed by atoms with Crippen LogP contribution in [0.5, 0.6) is 5.75 Å². The number of halogens is 3. The van der Waals surface area contributed by atoms with E-state index in [-0.39, 0.29) is 5.91 Å². The molecule has 0 radical (unpaired) electrons. The first-order valence-corrected chi connectivity index (χ1v) is 12.0. The van der Waals surface area contributed by atoms with Crippen LogP contribution in [0, 0.1) is 0 Å². The summed E-state index contributed by atoms with van der Waals surface area (Å²) in [5, 5.41) is 1.14. The van der Waals surface area contributed by atoms with Crippen LogP contribution in [0.3, 0.4) is 0 Å². The summed E-state index contributed by atoms with van der Waals surface area (Å²) in [4.78, 5) is 17.3. The molecule has 0 spiro atoms. The highest BCUT2D eigenvalue weighted by molar-refractivity contribution is 9.10. The lowest BCUT2D eigenvalue weighted by Gasteiger charge is -2.35. The van der Waals surface area contributed by atoms with Crippen molar-refractivity contribution in [3.05, 3.63) is 97.9 Å². The minimum atomic E-state index is 0.0573. The van der Waals surface area contributed by atoms with E-state index in [1.165, 1.54) is 0 Å². The van der Waals surface area contributed by atoms with Gasteiger partial charge < -0.3 is 9.64 Å². The first kappa shape index (κ1) is 23.1. The van der Waals surface area contributed by atoms with Crippen molar-refractivity contribution in [2.24, 2.45) is 0 Å². The Morgan fingerprint density at radius 3 is 2.41 bits per heavy atom. The van der Waals surface area contributed by atoms with E-state index in [0.29, 0.717) is 35.3 Å². The maximum Gasteiger partial charge on any atom is 0.253 e. The topological polar surface area (TPSA) is 32.8 Å². The molecule has 1 amide bonds. The minimum absolute atomic E-state index is 0.0573. The van der Waals surface area contributed by atoms with Gasteiger partial charge in [0, 0.05) is 38.3 Å². The lowest BCUT2D eigenvalue weighted by atomic mass is 10.1. The maximum absolute atomic E-state index is 13.1. The number of para-hydroxylation sites is 1. The van der Waals surface area contributed by atoms with E-state index in [1.54, 1.807) is 0 Å².